The fourth-order valence-electron chi connectivity index (χ4n) is 1.75. The Kier molecular flexibility index (Phi) is 4.86. The molecule has 0 radical (unpaired) electrons. The fourth-order valence-corrected chi connectivity index (χ4v) is 1.75. The van der Waals surface area contributed by atoms with Crippen molar-refractivity contribution in [2.75, 3.05) is 13.2 Å². The van der Waals surface area contributed by atoms with E-state index in [4.69, 9.17) is 10.5 Å². The molecule has 0 amide bonds. The first-order chi connectivity index (χ1) is 6.33. The van der Waals surface area contributed by atoms with Gasteiger partial charge in [-0.2, -0.15) is 0 Å². The van der Waals surface area contributed by atoms with Crippen molar-refractivity contribution in [3.05, 3.63) is 12.8 Å². The quantitative estimate of drug-likeness (QED) is 0.478. The molecule has 1 saturated carbocycles. The van der Waals surface area contributed by atoms with Crippen LogP contribution in [-0.4, -0.2) is 25.2 Å². The zero-order chi connectivity index (χ0) is 9.52. The fraction of sp³-hybridized carbons (Fsp3) is 0.800. The minimum Gasteiger partial charge on any atom is -0.502 e. The molecule has 0 heterocycles. The van der Waals surface area contributed by atoms with E-state index in [1.165, 1.54) is 19.1 Å². The van der Waals surface area contributed by atoms with Gasteiger partial charge in [0.1, 0.15) is 0 Å². The second kappa shape index (κ2) is 6.00. The second-order valence-corrected chi connectivity index (χ2v) is 3.62. The Labute approximate surface area is 80.3 Å². The van der Waals surface area contributed by atoms with Gasteiger partial charge >= 0.3 is 0 Å². The summed E-state index contributed by atoms with van der Waals surface area (Å²) < 4.78 is 5.02. The van der Waals surface area contributed by atoms with Crippen LogP contribution in [0.2, 0.25) is 0 Å². The molecule has 1 aliphatic carbocycles. The maximum atomic E-state index is 5.80. The van der Waals surface area contributed by atoms with E-state index in [1.807, 2.05) is 0 Å². The van der Waals surface area contributed by atoms with Crippen LogP contribution in [0.4, 0.5) is 0 Å². The summed E-state index contributed by atoms with van der Waals surface area (Å²) in [6.45, 7) is 5.26. The molecule has 1 rings (SSSR count). The smallest absolute Gasteiger partial charge is 0.0885 e. The Morgan fingerprint density at radius 1 is 1.54 bits per heavy atom. The van der Waals surface area contributed by atoms with E-state index in [1.54, 1.807) is 0 Å². The second-order valence-electron chi connectivity index (χ2n) is 3.62. The van der Waals surface area contributed by atoms with Gasteiger partial charge in [0.2, 0.25) is 0 Å². The van der Waals surface area contributed by atoms with E-state index in [2.05, 4.69) is 11.9 Å². The third-order valence-electron chi connectivity index (χ3n) is 2.46. The molecule has 3 N–H and O–H groups in total. The molecule has 0 spiro atoms. The topological polar surface area (TPSA) is 47.3 Å². The molecule has 3 nitrogen and oxygen atoms in total. The lowest BCUT2D eigenvalue weighted by molar-refractivity contribution is 0.243. The summed E-state index contributed by atoms with van der Waals surface area (Å²) in [5.41, 5.74) is 5.80. The van der Waals surface area contributed by atoms with Crippen molar-refractivity contribution in [2.24, 2.45) is 5.73 Å². The van der Waals surface area contributed by atoms with Crippen molar-refractivity contribution in [1.29, 1.82) is 0 Å². The number of nitrogens with two attached hydrogens (primary N) is 1. The SMILES string of the molecule is C=COCCCNC1CCC(N)C1. The van der Waals surface area contributed by atoms with Gasteiger partial charge in [0, 0.05) is 12.1 Å². The van der Waals surface area contributed by atoms with Crippen molar-refractivity contribution in [3.63, 3.8) is 0 Å². The Morgan fingerprint density at radius 2 is 2.38 bits per heavy atom. The highest BCUT2D eigenvalue weighted by molar-refractivity contribution is 4.82. The van der Waals surface area contributed by atoms with Crippen molar-refractivity contribution in [2.45, 2.75) is 37.8 Å². The van der Waals surface area contributed by atoms with Gasteiger partial charge in [-0.1, -0.05) is 6.58 Å². The van der Waals surface area contributed by atoms with Crippen LogP contribution in [0.3, 0.4) is 0 Å². The molecule has 3 heteroatoms. The standard InChI is InChI=1S/C10H20N2O/c1-2-13-7-3-6-12-10-5-4-9(11)8-10/h2,9-10,12H,1,3-8,11H2. The van der Waals surface area contributed by atoms with E-state index < -0.39 is 0 Å². The zero-order valence-electron chi connectivity index (χ0n) is 8.17. The Balaban J connectivity index is 1.91. The average Bonchev–Trinajstić information content (AvgIpc) is 2.51. The monoisotopic (exact) mass is 184 g/mol. The molecule has 1 aliphatic rings. The van der Waals surface area contributed by atoms with Gasteiger partial charge in [0.25, 0.3) is 0 Å². The van der Waals surface area contributed by atoms with Crippen molar-refractivity contribution in [1.82, 2.24) is 5.32 Å². The zero-order valence-corrected chi connectivity index (χ0v) is 8.17. The average molecular weight is 184 g/mol. The van der Waals surface area contributed by atoms with Gasteiger partial charge in [-0.25, -0.2) is 0 Å². The van der Waals surface area contributed by atoms with Gasteiger partial charge in [0.15, 0.2) is 0 Å². The highest BCUT2D eigenvalue weighted by Gasteiger charge is 2.20. The van der Waals surface area contributed by atoms with Gasteiger partial charge in [-0.3, -0.25) is 0 Å². The molecule has 0 aromatic rings. The first-order valence-electron chi connectivity index (χ1n) is 5.04. The molecule has 0 bridgehead atoms. The Hall–Kier alpha value is -0.540. The Morgan fingerprint density at radius 3 is 3.00 bits per heavy atom. The van der Waals surface area contributed by atoms with E-state index in [9.17, 15) is 0 Å². The van der Waals surface area contributed by atoms with Crippen LogP contribution in [-0.2, 0) is 4.74 Å². The molecule has 76 valence electrons. The minimum atomic E-state index is 0.418. The highest BCUT2D eigenvalue weighted by atomic mass is 16.5. The molecule has 0 aliphatic heterocycles. The summed E-state index contributed by atoms with van der Waals surface area (Å²) in [4.78, 5) is 0. The summed E-state index contributed by atoms with van der Waals surface area (Å²) in [6, 6.07) is 1.06. The van der Waals surface area contributed by atoms with Crippen LogP contribution in [0.15, 0.2) is 12.8 Å². The van der Waals surface area contributed by atoms with Gasteiger partial charge in [-0.05, 0) is 32.2 Å². The molecule has 0 aromatic carbocycles. The van der Waals surface area contributed by atoms with Crippen LogP contribution in [0.5, 0.6) is 0 Å². The molecule has 1 fully saturated rings. The molecular formula is C10H20N2O. The van der Waals surface area contributed by atoms with E-state index in [0.29, 0.717) is 12.1 Å². The van der Waals surface area contributed by atoms with Gasteiger partial charge < -0.3 is 15.8 Å². The maximum absolute atomic E-state index is 5.80. The first kappa shape index (κ1) is 10.5. The first-order valence-corrected chi connectivity index (χ1v) is 5.04. The van der Waals surface area contributed by atoms with E-state index >= 15 is 0 Å². The molecule has 13 heavy (non-hydrogen) atoms. The predicted molar refractivity (Wildman–Crippen MR) is 54.4 cm³/mol. The summed E-state index contributed by atoms with van der Waals surface area (Å²) in [5, 5.41) is 3.48. The van der Waals surface area contributed by atoms with E-state index in [-0.39, 0.29) is 0 Å². The highest BCUT2D eigenvalue weighted by Crippen LogP contribution is 2.16. The number of hydrogen-bond donors (Lipinski definition) is 2. The number of ether oxygens (including phenoxy) is 1. The minimum absolute atomic E-state index is 0.418. The van der Waals surface area contributed by atoms with Gasteiger partial charge in [0.05, 0.1) is 12.9 Å². The van der Waals surface area contributed by atoms with E-state index in [0.717, 1.165) is 26.0 Å². The summed E-state index contributed by atoms with van der Waals surface area (Å²) >= 11 is 0. The lowest BCUT2D eigenvalue weighted by Gasteiger charge is -2.11. The number of rotatable bonds is 6. The van der Waals surface area contributed by atoms with Crippen molar-refractivity contribution >= 4 is 0 Å². The lowest BCUT2D eigenvalue weighted by Crippen LogP contribution is -2.29. The normalized spacial score (nSPS) is 27.5. The van der Waals surface area contributed by atoms with Crippen LogP contribution in [0, 0.1) is 0 Å². The number of nitrogens with one attached hydrogen (secondary N) is 1. The van der Waals surface area contributed by atoms with Crippen LogP contribution in [0.25, 0.3) is 0 Å². The van der Waals surface area contributed by atoms with Crippen LogP contribution >= 0.6 is 0 Å². The maximum Gasteiger partial charge on any atom is 0.0885 e. The third kappa shape index (κ3) is 4.29. The van der Waals surface area contributed by atoms with Crippen LogP contribution in [0.1, 0.15) is 25.7 Å². The number of hydrogen-bond acceptors (Lipinski definition) is 3. The molecule has 2 unspecified atom stereocenters. The van der Waals surface area contributed by atoms with Crippen molar-refractivity contribution in [3.8, 4) is 0 Å². The lowest BCUT2D eigenvalue weighted by atomic mass is 10.2. The summed E-state index contributed by atoms with van der Waals surface area (Å²) in [6.07, 6.45) is 6.05. The Bertz CT molecular complexity index is 150. The molecule has 0 aromatic heterocycles. The summed E-state index contributed by atoms with van der Waals surface area (Å²) in [7, 11) is 0. The molecule has 0 saturated heterocycles. The third-order valence-corrected chi connectivity index (χ3v) is 2.46. The largest absolute Gasteiger partial charge is 0.502 e. The molecular weight excluding hydrogens is 164 g/mol. The molecule has 2 atom stereocenters. The predicted octanol–water partition coefficient (Wildman–Crippen LogP) is 1.01. The van der Waals surface area contributed by atoms with Crippen LogP contribution < -0.4 is 11.1 Å². The van der Waals surface area contributed by atoms with Gasteiger partial charge in [-0.15, -0.1) is 0 Å². The van der Waals surface area contributed by atoms with Crippen molar-refractivity contribution < 1.29 is 4.74 Å². The summed E-state index contributed by atoms with van der Waals surface area (Å²) in [5.74, 6) is 0.